The quantitative estimate of drug-likeness (QED) is 0.522. The second kappa shape index (κ2) is 16.8. The van der Waals surface area contributed by atoms with Gasteiger partial charge in [-0.3, -0.25) is 0 Å². The molecular weight excluding hydrogens is 174 g/mol. The summed E-state index contributed by atoms with van der Waals surface area (Å²) in [5.74, 6) is 0. The minimum Gasteiger partial charge on any atom is -0.306 e. The van der Waals surface area contributed by atoms with E-state index in [0.717, 1.165) is 13.0 Å². The molecule has 0 aromatic heterocycles. The van der Waals surface area contributed by atoms with E-state index in [9.17, 15) is 0 Å². The van der Waals surface area contributed by atoms with Crippen molar-refractivity contribution in [1.29, 1.82) is 10.8 Å². The molecule has 0 aromatic carbocycles. The van der Waals surface area contributed by atoms with Crippen LogP contribution in [-0.4, -0.2) is 31.5 Å². The predicted molar refractivity (Wildman–Crippen MR) is 55.7 cm³/mol. The highest BCUT2D eigenvalue weighted by molar-refractivity contribution is 5.85. The summed E-state index contributed by atoms with van der Waals surface area (Å²) in [6.45, 7) is 3.21. The fourth-order valence-corrected chi connectivity index (χ4v) is 0.452. The minimum atomic E-state index is 0. The first-order valence-corrected chi connectivity index (χ1v) is 3.57. The number of likely N-dealkylation sites (N-methyl/N-ethyl adjacent to an activating group) is 1. The van der Waals surface area contributed by atoms with Crippen LogP contribution in [0.4, 0.5) is 0 Å². The van der Waals surface area contributed by atoms with Crippen molar-refractivity contribution in [2.45, 2.75) is 13.3 Å². The highest BCUT2D eigenvalue weighted by Gasteiger charge is 1.78. The van der Waals surface area contributed by atoms with E-state index in [4.69, 9.17) is 10.8 Å². The average Bonchev–Trinajstić information content (AvgIpc) is 1.89. The standard InChI is InChI=1S/C7H15N.CH2N2.ClH/c1-4-5-6-7-8(2)3;2-1-3;/h5-6H,4,7H2,1-3H3;2-3H;1H. The molecule has 12 heavy (non-hydrogen) atoms. The van der Waals surface area contributed by atoms with Gasteiger partial charge in [-0.15, -0.1) is 12.4 Å². The largest absolute Gasteiger partial charge is 0.306 e. The molecular formula is C8H18ClN3. The summed E-state index contributed by atoms with van der Waals surface area (Å²) in [5, 5.41) is 11.2. The van der Waals surface area contributed by atoms with E-state index in [1.807, 2.05) is 0 Å². The van der Waals surface area contributed by atoms with Gasteiger partial charge in [-0.25, -0.2) is 10.8 Å². The van der Waals surface area contributed by atoms with Gasteiger partial charge >= 0.3 is 0 Å². The molecule has 0 spiro atoms. The smallest absolute Gasteiger partial charge is 0.0831 e. The molecule has 0 heterocycles. The number of allylic oxidation sites excluding steroid dienone is 1. The van der Waals surface area contributed by atoms with Crippen molar-refractivity contribution in [3.8, 4) is 0 Å². The van der Waals surface area contributed by atoms with Crippen molar-refractivity contribution in [3.05, 3.63) is 12.2 Å². The fraction of sp³-hybridized carbons (Fsp3) is 0.625. The Morgan fingerprint density at radius 3 is 1.92 bits per heavy atom. The van der Waals surface area contributed by atoms with E-state index in [0.29, 0.717) is 0 Å². The summed E-state index contributed by atoms with van der Waals surface area (Å²) in [6.07, 6.45) is 5.51. The molecule has 0 rings (SSSR count). The lowest BCUT2D eigenvalue weighted by atomic mass is 10.4. The van der Waals surface area contributed by atoms with Crippen LogP contribution in [0.1, 0.15) is 13.3 Å². The topological polar surface area (TPSA) is 50.9 Å². The molecule has 0 aliphatic rings. The summed E-state index contributed by atoms with van der Waals surface area (Å²) in [5.41, 5.74) is 0. The molecule has 0 aliphatic carbocycles. The zero-order valence-corrected chi connectivity index (χ0v) is 8.74. The molecule has 0 aromatic rings. The van der Waals surface area contributed by atoms with Gasteiger partial charge in [-0.2, -0.15) is 0 Å². The molecule has 0 bridgehead atoms. The Morgan fingerprint density at radius 2 is 1.67 bits per heavy atom. The van der Waals surface area contributed by atoms with Gasteiger partial charge in [0.2, 0.25) is 0 Å². The molecule has 3 nitrogen and oxygen atoms in total. The van der Waals surface area contributed by atoms with Crippen LogP contribution in [0.2, 0.25) is 0 Å². The number of halogens is 1. The van der Waals surface area contributed by atoms with Crippen LogP contribution in [0.5, 0.6) is 0 Å². The lowest BCUT2D eigenvalue weighted by molar-refractivity contribution is 0.456. The molecule has 0 saturated heterocycles. The maximum absolute atomic E-state index is 5.62. The van der Waals surface area contributed by atoms with Crippen molar-refractivity contribution in [1.82, 2.24) is 4.90 Å². The van der Waals surface area contributed by atoms with Crippen LogP contribution < -0.4 is 0 Å². The first-order chi connectivity index (χ1) is 5.18. The molecule has 0 saturated carbocycles. The molecule has 0 aliphatic heterocycles. The zero-order valence-electron chi connectivity index (χ0n) is 7.92. The third-order valence-electron chi connectivity index (χ3n) is 0.873. The van der Waals surface area contributed by atoms with Gasteiger partial charge in [0.15, 0.2) is 0 Å². The van der Waals surface area contributed by atoms with Gasteiger partial charge in [-0.05, 0) is 20.5 Å². The van der Waals surface area contributed by atoms with Crippen molar-refractivity contribution < 1.29 is 0 Å². The van der Waals surface area contributed by atoms with E-state index in [1.165, 1.54) is 6.01 Å². The van der Waals surface area contributed by atoms with Crippen molar-refractivity contribution in [2.75, 3.05) is 20.6 Å². The Kier molecular flexibility index (Phi) is 24.4. The fourth-order valence-electron chi connectivity index (χ4n) is 0.452. The maximum atomic E-state index is 5.62. The van der Waals surface area contributed by atoms with Gasteiger partial charge in [0.25, 0.3) is 0 Å². The second-order valence-corrected chi connectivity index (χ2v) is 2.27. The van der Waals surface area contributed by atoms with Crippen molar-refractivity contribution >= 4 is 18.4 Å². The molecule has 0 amide bonds. The summed E-state index contributed by atoms with van der Waals surface area (Å²) in [4.78, 5) is 2.14. The van der Waals surface area contributed by atoms with Crippen LogP contribution >= 0.6 is 12.4 Å². The minimum absolute atomic E-state index is 0. The maximum Gasteiger partial charge on any atom is 0.0831 e. The number of nitrogens with zero attached hydrogens (tertiary/aromatic N) is 1. The van der Waals surface area contributed by atoms with Crippen molar-refractivity contribution in [2.24, 2.45) is 0 Å². The summed E-state index contributed by atoms with van der Waals surface area (Å²) in [6, 6.07) is 1.25. The summed E-state index contributed by atoms with van der Waals surface area (Å²) >= 11 is 0. The van der Waals surface area contributed by atoms with Gasteiger partial charge in [0.1, 0.15) is 0 Å². The number of hydrogen-bond acceptors (Lipinski definition) is 3. The monoisotopic (exact) mass is 191 g/mol. The number of rotatable bonds is 3. The molecule has 0 unspecified atom stereocenters. The molecule has 2 N–H and O–H groups in total. The Labute approximate surface area is 80.9 Å². The van der Waals surface area contributed by atoms with Crippen LogP contribution in [-0.2, 0) is 0 Å². The summed E-state index contributed by atoms with van der Waals surface area (Å²) in [7, 11) is 4.14. The average molecular weight is 192 g/mol. The van der Waals surface area contributed by atoms with E-state index >= 15 is 0 Å². The second-order valence-electron chi connectivity index (χ2n) is 2.27. The Balaban J connectivity index is -0.000000177. The van der Waals surface area contributed by atoms with Gasteiger partial charge in [0, 0.05) is 6.54 Å². The third-order valence-corrected chi connectivity index (χ3v) is 0.873. The zero-order chi connectivity index (χ0) is 9.11. The third kappa shape index (κ3) is 34.4. The highest BCUT2D eigenvalue weighted by Crippen LogP contribution is 1.80. The molecule has 72 valence electrons. The van der Waals surface area contributed by atoms with E-state index in [1.54, 1.807) is 0 Å². The van der Waals surface area contributed by atoms with Gasteiger partial charge in [-0.1, -0.05) is 19.1 Å². The molecule has 0 atom stereocenters. The molecule has 0 fully saturated rings. The Hall–Kier alpha value is -0.630. The van der Waals surface area contributed by atoms with Gasteiger partial charge in [0.05, 0.1) is 6.01 Å². The summed E-state index contributed by atoms with van der Waals surface area (Å²) < 4.78 is 0. The van der Waals surface area contributed by atoms with Crippen LogP contribution in [0.3, 0.4) is 0 Å². The number of nitrogens with one attached hydrogen (secondary N) is 2. The first-order valence-electron chi connectivity index (χ1n) is 3.57. The lowest BCUT2D eigenvalue weighted by Gasteiger charge is -2.02. The van der Waals surface area contributed by atoms with Crippen LogP contribution in [0, 0.1) is 10.8 Å². The molecule has 4 heteroatoms. The first kappa shape index (κ1) is 17.5. The van der Waals surface area contributed by atoms with E-state index in [2.05, 4.69) is 38.1 Å². The number of hydrogen-bond donors (Lipinski definition) is 2. The van der Waals surface area contributed by atoms with Crippen LogP contribution in [0.25, 0.3) is 0 Å². The van der Waals surface area contributed by atoms with E-state index < -0.39 is 0 Å². The Bertz CT molecular complexity index is 126. The SMILES string of the molecule is CCC=CCN(C)C.Cl.N=C=N. The highest BCUT2D eigenvalue weighted by atomic mass is 35.5. The van der Waals surface area contributed by atoms with Crippen LogP contribution in [0.15, 0.2) is 12.2 Å². The van der Waals surface area contributed by atoms with Crippen molar-refractivity contribution in [3.63, 3.8) is 0 Å². The lowest BCUT2D eigenvalue weighted by Crippen LogP contribution is -2.10. The normalized spacial score (nSPS) is 8.33. The Morgan fingerprint density at radius 1 is 1.25 bits per heavy atom. The van der Waals surface area contributed by atoms with E-state index in [-0.39, 0.29) is 12.4 Å². The molecule has 0 radical (unpaired) electrons. The van der Waals surface area contributed by atoms with Gasteiger partial charge < -0.3 is 4.90 Å². The predicted octanol–water partition coefficient (Wildman–Crippen LogP) is 2.25.